The van der Waals surface area contributed by atoms with E-state index in [1.807, 2.05) is 13.1 Å². The average molecular weight is 263 g/mol. The number of nitrogens with one attached hydrogen (secondary N) is 1. The van der Waals surface area contributed by atoms with Gasteiger partial charge in [0.2, 0.25) is 0 Å². The topological polar surface area (TPSA) is 45.2 Å². The summed E-state index contributed by atoms with van der Waals surface area (Å²) >= 11 is 0. The summed E-state index contributed by atoms with van der Waals surface area (Å²) in [5.41, 5.74) is 0.654. The molecule has 1 unspecified atom stereocenters. The molecule has 0 saturated carbocycles. The molecule has 0 bridgehead atoms. The molecule has 0 aliphatic carbocycles. The lowest BCUT2D eigenvalue weighted by atomic mass is 10.1. The molecule has 4 heteroatoms. The zero-order valence-corrected chi connectivity index (χ0v) is 12.4. The van der Waals surface area contributed by atoms with E-state index in [9.17, 15) is 4.79 Å². The number of aromatic nitrogens is 1. The first-order chi connectivity index (χ1) is 9.10. The molecular weight excluding hydrogens is 238 g/mol. The van der Waals surface area contributed by atoms with E-state index in [1.165, 1.54) is 0 Å². The number of hydrogen-bond acceptors (Lipinski definition) is 3. The molecule has 1 rings (SSSR count). The van der Waals surface area contributed by atoms with Gasteiger partial charge in [-0.2, -0.15) is 0 Å². The Labute approximate surface area is 116 Å². The predicted molar refractivity (Wildman–Crippen MR) is 79.4 cm³/mol. The summed E-state index contributed by atoms with van der Waals surface area (Å²) in [6.45, 7) is 7.99. The van der Waals surface area contributed by atoms with Gasteiger partial charge >= 0.3 is 0 Å². The number of carbonyl (C=O) groups excluding carboxylic acids is 1. The highest BCUT2D eigenvalue weighted by atomic mass is 16.2. The standard InChI is InChI=1S/C15H25N3O/c1-5-9-16-14-13(8-7-10-17-14)15(19)18(4)11-12(3)6-2/h7-8,10,12H,5-6,9,11H2,1-4H3,(H,16,17). The van der Waals surface area contributed by atoms with Crippen LogP contribution in [0.3, 0.4) is 0 Å². The van der Waals surface area contributed by atoms with Crippen LogP contribution >= 0.6 is 0 Å². The number of pyridine rings is 1. The molecule has 0 fully saturated rings. The molecule has 0 spiro atoms. The second-order valence-corrected chi connectivity index (χ2v) is 5.03. The fourth-order valence-electron chi connectivity index (χ4n) is 1.85. The van der Waals surface area contributed by atoms with Crippen LogP contribution in [0.1, 0.15) is 44.0 Å². The van der Waals surface area contributed by atoms with E-state index in [4.69, 9.17) is 0 Å². The average Bonchev–Trinajstić information content (AvgIpc) is 2.44. The van der Waals surface area contributed by atoms with Gasteiger partial charge in [-0.1, -0.05) is 27.2 Å². The van der Waals surface area contributed by atoms with Gasteiger partial charge in [-0.3, -0.25) is 4.79 Å². The van der Waals surface area contributed by atoms with E-state index in [2.05, 4.69) is 31.1 Å². The van der Waals surface area contributed by atoms with Gasteiger partial charge in [0, 0.05) is 26.3 Å². The third-order valence-electron chi connectivity index (χ3n) is 3.21. The Morgan fingerprint density at radius 3 is 2.84 bits per heavy atom. The van der Waals surface area contributed by atoms with Crippen molar-refractivity contribution in [2.24, 2.45) is 5.92 Å². The SMILES string of the molecule is CCCNc1ncccc1C(=O)N(C)CC(C)CC. The Hall–Kier alpha value is -1.58. The van der Waals surface area contributed by atoms with E-state index in [-0.39, 0.29) is 5.91 Å². The van der Waals surface area contributed by atoms with Gasteiger partial charge in [0.15, 0.2) is 0 Å². The van der Waals surface area contributed by atoms with Gasteiger partial charge in [0.1, 0.15) is 5.82 Å². The molecule has 0 aliphatic rings. The van der Waals surface area contributed by atoms with E-state index in [1.54, 1.807) is 17.2 Å². The van der Waals surface area contributed by atoms with Crippen LogP contribution in [-0.4, -0.2) is 35.9 Å². The fourth-order valence-corrected chi connectivity index (χ4v) is 1.85. The van der Waals surface area contributed by atoms with Crippen molar-refractivity contribution in [3.05, 3.63) is 23.9 Å². The lowest BCUT2D eigenvalue weighted by Crippen LogP contribution is -2.31. The zero-order valence-electron chi connectivity index (χ0n) is 12.4. The van der Waals surface area contributed by atoms with Crippen LogP contribution < -0.4 is 5.32 Å². The second-order valence-electron chi connectivity index (χ2n) is 5.03. The summed E-state index contributed by atoms with van der Waals surface area (Å²) in [5.74, 6) is 1.23. The molecule has 1 N–H and O–H groups in total. The Morgan fingerprint density at radius 1 is 1.47 bits per heavy atom. The first-order valence-electron chi connectivity index (χ1n) is 7.04. The predicted octanol–water partition coefficient (Wildman–Crippen LogP) is 3.02. The molecule has 1 aromatic heterocycles. The smallest absolute Gasteiger partial charge is 0.257 e. The molecule has 106 valence electrons. The number of rotatable bonds is 7. The molecule has 19 heavy (non-hydrogen) atoms. The minimum atomic E-state index is 0.0343. The van der Waals surface area contributed by atoms with Crippen LogP contribution in [0.15, 0.2) is 18.3 Å². The molecule has 1 aromatic rings. The highest BCUT2D eigenvalue weighted by molar-refractivity contribution is 5.98. The van der Waals surface area contributed by atoms with Gasteiger partial charge in [-0.25, -0.2) is 4.98 Å². The van der Waals surface area contributed by atoms with Gasteiger partial charge in [0.25, 0.3) is 5.91 Å². The summed E-state index contributed by atoms with van der Waals surface area (Å²) < 4.78 is 0. The number of nitrogens with zero attached hydrogens (tertiary/aromatic N) is 2. The fraction of sp³-hybridized carbons (Fsp3) is 0.600. The second kappa shape index (κ2) is 7.77. The van der Waals surface area contributed by atoms with E-state index in [0.29, 0.717) is 17.3 Å². The van der Waals surface area contributed by atoms with Crippen molar-refractivity contribution in [2.45, 2.75) is 33.6 Å². The normalized spacial score (nSPS) is 12.0. The number of amides is 1. The van der Waals surface area contributed by atoms with Gasteiger partial charge in [-0.15, -0.1) is 0 Å². The van der Waals surface area contributed by atoms with Crippen molar-refractivity contribution >= 4 is 11.7 Å². The van der Waals surface area contributed by atoms with Crippen molar-refractivity contribution in [3.8, 4) is 0 Å². The highest BCUT2D eigenvalue weighted by Crippen LogP contribution is 2.15. The first kappa shape index (κ1) is 15.5. The maximum Gasteiger partial charge on any atom is 0.257 e. The number of carbonyl (C=O) groups is 1. The summed E-state index contributed by atoms with van der Waals surface area (Å²) in [7, 11) is 1.85. The molecule has 0 saturated heterocycles. The van der Waals surface area contributed by atoms with Crippen molar-refractivity contribution in [1.82, 2.24) is 9.88 Å². The van der Waals surface area contributed by atoms with Crippen molar-refractivity contribution in [1.29, 1.82) is 0 Å². The lowest BCUT2D eigenvalue weighted by Gasteiger charge is -2.22. The van der Waals surface area contributed by atoms with E-state index in [0.717, 1.165) is 25.9 Å². The maximum atomic E-state index is 12.4. The Kier molecular flexibility index (Phi) is 6.33. The van der Waals surface area contributed by atoms with Crippen LogP contribution in [0.2, 0.25) is 0 Å². The molecule has 4 nitrogen and oxygen atoms in total. The number of anilines is 1. The van der Waals surface area contributed by atoms with Crippen LogP contribution in [0.5, 0.6) is 0 Å². The quantitative estimate of drug-likeness (QED) is 0.822. The first-order valence-corrected chi connectivity index (χ1v) is 7.04. The molecule has 1 amide bonds. The summed E-state index contributed by atoms with van der Waals surface area (Å²) in [6.07, 6.45) is 3.79. The molecule has 0 aliphatic heterocycles. The van der Waals surface area contributed by atoms with Crippen molar-refractivity contribution in [2.75, 3.05) is 25.5 Å². The van der Waals surface area contributed by atoms with Crippen LogP contribution in [0.25, 0.3) is 0 Å². The Morgan fingerprint density at radius 2 is 2.21 bits per heavy atom. The van der Waals surface area contributed by atoms with Crippen LogP contribution in [-0.2, 0) is 0 Å². The van der Waals surface area contributed by atoms with Gasteiger partial charge < -0.3 is 10.2 Å². The molecule has 0 aromatic carbocycles. The molecule has 0 radical (unpaired) electrons. The summed E-state index contributed by atoms with van der Waals surface area (Å²) in [5, 5.41) is 3.21. The van der Waals surface area contributed by atoms with Crippen molar-refractivity contribution in [3.63, 3.8) is 0 Å². The third-order valence-corrected chi connectivity index (χ3v) is 3.21. The van der Waals surface area contributed by atoms with E-state index < -0.39 is 0 Å². The summed E-state index contributed by atoms with van der Waals surface area (Å²) in [6, 6.07) is 3.64. The third kappa shape index (κ3) is 4.54. The maximum absolute atomic E-state index is 12.4. The Bertz CT molecular complexity index is 406. The highest BCUT2D eigenvalue weighted by Gasteiger charge is 2.17. The van der Waals surface area contributed by atoms with Crippen LogP contribution in [0.4, 0.5) is 5.82 Å². The molecule has 1 atom stereocenters. The monoisotopic (exact) mass is 263 g/mol. The summed E-state index contributed by atoms with van der Waals surface area (Å²) in [4.78, 5) is 18.5. The van der Waals surface area contributed by atoms with Gasteiger partial charge in [-0.05, 0) is 24.5 Å². The minimum absolute atomic E-state index is 0.0343. The Balaban J connectivity index is 2.80. The zero-order chi connectivity index (χ0) is 14.3. The van der Waals surface area contributed by atoms with Gasteiger partial charge in [0.05, 0.1) is 5.56 Å². The molecule has 1 heterocycles. The van der Waals surface area contributed by atoms with Crippen molar-refractivity contribution < 1.29 is 4.79 Å². The largest absolute Gasteiger partial charge is 0.369 e. The van der Waals surface area contributed by atoms with E-state index >= 15 is 0 Å². The lowest BCUT2D eigenvalue weighted by molar-refractivity contribution is 0.0775. The minimum Gasteiger partial charge on any atom is -0.369 e. The molecular formula is C15H25N3O. The van der Waals surface area contributed by atoms with Crippen LogP contribution in [0, 0.1) is 5.92 Å². The number of hydrogen-bond donors (Lipinski definition) is 1.